The van der Waals surface area contributed by atoms with Crippen LogP contribution in [0.3, 0.4) is 0 Å². The Morgan fingerprint density at radius 3 is 2.36 bits per heavy atom. The quantitative estimate of drug-likeness (QED) is 0.838. The molecule has 1 fully saturated rings. The van der Waals surface area contributed by atoms with E-state index in [0.717, 1.165) is 11.0 Å². The van der Waals surface area contributed by atoms with E-state index in [0.29, 0.717) is 12.5 Å². The molecule has 0 spiro atoms. The predicted octanol–water partition coefficient (Wildman–Crippen LogP) is 1.90. The van der Waals surface area contributed by atoms with Crippen LogP contribution in [0.1, 0.15) is 33.3 Å². The molecule has 0 bridgehead atoms. The molecule has 0 amide bonds. The third-order valence-electron chi connectivity index (χ3n) is 4.68. The van der Waals surface area contributed by atoms with Crippen LogP contribution in [0.25, 0.3) is 12.0 Å². The lowest BCUT2D eigenvalue weighted by Gasteiger charge is -2.32. The van der Waals surface area contributed by atoms with Gasteiger partial charge in [-0.1, -0.05) is 6.08 Å². The first kappa shape index (κ1) is 17.8. The summed E-state index contributed by atoms with van der Waals surface area (Å²) in [6.45, 7) is 8.85. The molecule has 0 unspecified atom stereocenters. The first-order valence-electron chi connectivity index (χ1n) is 8.33. The van der Waals surface area contributed by atoms with Crippen LogP contribution in [-0.2, 0) is 9.31 Å². The minimum Gasteiger partial charge on any atom is -0.400 e. The monoisotopic (exact) mass is 341 g/mol. The first-order valence-corrected chi connectivity index (χ1v) is 8.33. The maximum Gasteiger partial charge on any atom is 0.491 e. The molecule has 8 heteroatoms. The van der Waals surface area contributed by atoms with Gasteiger partial charge in [-0.25, -0.2) is 15.0 Å². The van der Waals surface area contributed by atoms with Gasteiger partial charge in [-0.2, -0.15) is 0 Å². The van der Waals surface area contributed by atoms with Crippen LogP contribution in [0.4, 0.5) is 0 Å². The number of nitrogens with zero attached hydrogens (tertiary/aromatic N) is 4. The lowest BCUT2D eigenvalue weighted by Crippen LogP contribution is -2.41. The van der Waals surface area contributed by atoms with Gasteiger partial charge in [0.25, 0.3) is 0 Å². The fourth-order valence-electron chi connectivity index (χ4n) is 2.53. The molecule has 0 aromatic carbocycles. The molecule has 0 atom stereocenters. The van der Waals surface area contributed by atoms with Crippen molar-refractivity contribution < 1.29 is 9.31 Å². The lowest BCUT2D eigenvalue weighted by atomic mass is 9.77. The molecule has 1 aliphatic rings. The highest BCUT2D eigenvalue weighted by molar-refractivity contribution is 6.55. The summed E-state index contributed by atoms with van der Waals surface area (Å²) in [5, 5.41) is 3.17. The van der Waals surface area contributed by atoms with Crippen LogP contribution < -0.4 is 5.32 Å². The van der Waals surface area contributed by atoms with Crippen molar-refractivity contribution in [3.8, 4) is 5.95 Å². The number of aromatic nitrogens is 4. The van der Waals surface area contributed by atoms with Crippen LogP contribution >= 0.6 is 0 Å². The summed E-state index contributed by atoms with van der Waals surface area (Å²) in [5.41, 5.74) is 1.16. The van der Waals surface area contributed by atoms with Gasteiger partial charge < -0.3 is 14.6 Å². The maximum absolute atomic E-state index is 6.15. The molecular formula is C17H24BN5O2. The molecule has 2 aromatic rings. The molecule has 1 N–H and O–H groups in total. The number of hydrogen-bond acceptors (Lipinski definition) is 6. The van der Waals surface area contributed by atoms with Crippen molar-refractivity contribution in [2.75, 3.05) is 13.6 Å². The van der Waals surface area contributed by atoms with Gasteiger partial charge in [0.05, 0.1) is 11.2 Å². The number of nitrogens with one attached hydrogen (secondary N) is 1. The van der Waals surface area contributed by atoms with E-state index < -0.39 is 7.12 Å². The minimum atomic E-state index is -0.397. The highest BCUT2D eigenvalue weighted by atomic mass is 16.7. The zero-order valence-electron chi connectivity index (χ0n) is 15.4. The molecule has 2 aromatic heterocycles. The fraction of sp³-hybridized carbons (Fsp3) is 0.471. The van der Waals surface area contributed by atoms with E-state index in [1.165, 1.54) is 0 Å². The van der Waals surface area contributed by atoms with Crippen LogP contribution in [0.5, 0.6) is 0 Å². The van der Waals surface area contributed by atoms with Gasteiger partial charge in [0.2, 0.25) is 5.95 Å². The zero-order valence-corrected chi connectivity index (χ0v) is 15.4. The van der Waals surface area contributed by atoms with Crippen molar-refractivity contribution in [2.45, 2.75) is 38.9 Å². The number of imidazole rings is 1. The Labute approximate surface area is 148 Å². The summed E-state index contributed by atoms with van der Waals surface area (Å²) in [6.07, 6.45) is 10.7. The molecule has 0 aliphatic carbocycles. The van der Waals surface area contributed by atoms with E-state index in [2.05, 4.69) is 20.3 Å². The van der Waals surface area contributed by atoms with Crippen molar-refractivity contribution >= 4 is 13.2 Å². The van der Waals surface area contributed by atoms with E-state index in [1.807, 2.05) is 47.0 Å². The van der Waals surface area contributed by atoms with E-state index in [1.54, 1.807) is 29.5 Å². The third-order valence-corrected chi connectivity index (χ3v) is 4.68. The Morgan fingerprint density at radius 2 is 1.84 bits per heavy atom. The summed E-state index contributed by atoms with van der Waals surface area (Å²) in [7, 11) is 1.50. The molecule has 25 heavy (non-hydrogen) atoms. The van der Waals surface area contributed by atoms with Crippen LogP contribution in [0.15, 0.2) is 36.6 Å². The largest absolute Gasteiger partial charge is 0.491 e. The van der Waals surface area contributed by atoms with Crippen molar-refractivity contribution in [1.29, 1.82) is 0 Å². The lowest BCUT2D eigenvalue weighted by molar-refractivity contribution is 0.00578. The third kappa shape index (κ3) is 3.66. The summed E-state index contributed by atoms with van der Waals surface area (Å²) < 4.78 is 14.1. The van der Waals surface area contributed by atoms with E-state index in [9.17, 15) is 0 Å². The normalized spacial score (nSPS) is 19.4. The van der Waals surface area contributed by atoms with Crippen LogP contribution in [0.2, 0.25) is 0 Å². The highest BCUT2D eigenvalue weighted by Gasteiger charge is 2.52. The topological polar surface area (TPSA) is 74.1 Å². The van der Waals surface area contributed by atoms with Gasteiger partial charge in [0, 0.05) is 36.9 Å². The zero-order chi connectivity index (χ0) is 18.1. The molecule has 3 heterocycles. The van der Waals surface area contributed by atoms with Gasteiger partial charge in [-0.05, 0) is 40.2 Å². The number of likely N-dealkylation sites (N-methyl/N-ethyl adjacent to an activating group) is 1. The van der Waals surface area contributed by atoms with Crippen molar-refractivity contribution in [2.24, 2.45) is 0 Å². The van der Waals surface area contributed by atoms with Crippen molar-refractivity contribution in [3.05, 3.63) is 42.2 Å². The predicted molar refractivity (Wildman–Crippen MR) is 97.1 cm³/mol. The van der Waals surface area contributed by atoms with E-state index >= 15 is 0 Å². The Kier molecular flexibility index (Phi) is 4.77. The van der Waals surface area contributed by atoms with Crippen LogP contribution in [0, 0.1) is 0 Å². The average molecular weight is 341 g/mol. The summed E-state index contributed by atoms with van der Waals surface area (Å²) in [5.74, 6) is 0.584. The molecule has 1 aliphatic heterocycles. The Morgan fingerprint density at radius 1 is 1.20 bits per heavy atom. The summed E-state index contributed by atoms with van der Waals surface area (Å²) in [6, 6.07) is 0. The summed E-state index contributed by atoms with van der Waals surface area (Å²) >= 11 is 0. The van der Waals surface area contributed by atoms with E-state index in [4.69, 9.17) is 9.31 Å². The Balaban J connectivity index is 1.83. The van der Waals surface area contributed by atoms with Gasteiger partial charge in [0.1, 0.15) is 6.33 Å². The molecule has 132 valence electrons. The van der Waals surface area contributed by atoms with Gasteiger partial charge in [0.15, 0.2) is 0 Å². The van der Waals surface area contributed by atoms with Crippen molar-refractivity contribution in [3.63, 3.8) is 0 Å². The maximum atomic E-state index is 6.15. The highest BCUT2D eigenvalue weighted by Crippen LogP contribution is 2.38. The Hall–Kier alpha value is -2.03. The molecule has 1 saturated heterocycles. The second-order valence-corrected chi connectivity index (χ2v) is 7.12. The second-order valence-electron chi connectivity index (χ2n) is 7.12. The smallest absolute Gasteiger partial charge is 0.400 e. The Bertz CT molecular complexity index is 725. The van der Waals surface area contributed by atoms with Gasteiger partial charge in [-0.15, -0.1) is 0 Å². The number of rotatable bonds is 5. The van der Waals surface area contributed by atoms with Crippen molar-refractivity contribution in [1.82, 2.24) is 24.8 Å². The summed E-state index contributed by atoms with van der Waals surface area (Å²) in [4.78, 5) is 12.8. The van der Waals surface area contributed by atoms with Gasteiger partial charge in [-0.3, -0.25) is 4.57 Å². The minimum absolute atomic E-state index is 0.369. The first-order chi connectivity index (χ1) is 11.8. The average Bonchev–Trinajstić information content (AvgIpc) is 3.14. The SMILES string of the molecule is CNCC(=Cc1cnc(-n2ccnc2)nc1)B1OC(C)(C)C(C)(C)O1. The molecule has 7 nitrogen and oxygen atoms in total. The van der Waals surface area contributed by atoms with E-state index in [-0.39, 0.29) is 11.2 Å². The standard InChI is InChI=1S/C17H24BN5O2/c1-16(2)17(3,4)25-18(24-16)14(11-19-5)8-13-9-21-15(22-10-13)23-7-6-20-12-23/h6-10,12,19H,11H2,1-5H3. The van der Waals surface area contributed by atoms with Gasteiger partial charge >= 0.3 is 7.12 Å². The molecule has 3 rings (SSSR count). The van der Waals surface area contributed by atoms with Crippen LogP contribution in [-0.4, -0.2) is 51.4 Å². The fourth-order valence-corrected chi connectivity index (χ4v) is 2.53. The molecule has 0 saturated carbocycles. The second kappa shape index (κ2) is 6.70. The molecular weight excluding hydrogens is 317 g/mol. The molecule has 0 radical (unpaired) electrons. The number of hydrogen-bond donors (Lipinski definition) is 1.